The van der Waals surface area contributed by atoms with Gasteiger partial charge in [-0.05, 0) is 32.0 Å². The molecule has 0 amide bonds. The van der Waals surface area contributed by atoms with Gasteiger partial charge >= 0.3 is 6.18 Å². The van der Waals surface area contributed by atoms with Gasteiger partial charge in [-0.1, -0.05) is 11.6 Å². The predicted molar refractivity (Wildman–Crippen MR) is 109 cm³/mol. The molecule has 32 heavy (non-hydrogen) atoms. The molecule has 3 aromatic rings. The van der Waals surface area contributed by atoms with Crippen LogP contribution in [0.2, 0.25) is 5.02 Å². The number of rotatable bonds is 7. The summed E-state index contributed by atoms with van der Waals surface area (Å²) in [5.74, 6) is 0.000436. The fourth-order valence-electron chi connectivity index (χ4n) is 2.81. The van der Waals surface area contributed by atoms with E-state index in [2.05, 4.69) is 20.2 Å². The number of benzene rings is 1. The molecule has 2 heterocycles. The molecule has 172 valence electrons. The Hall–Kier alpha value is -2.97. The van der Waals surface area contributed by atoms with Crippen molar-refractivity contribution >= 4 is 38.6 Å². The van der Waals surface area contributed by atoms with Crippen LogP contribution >= 0.6 is 11.6 Å². The highest BCUT2D eigenvalue weighted by Gasteiger charge is 2.32. The molecule has 10 nitrogen and oxygen atoms in total. The third kappa shape index (κ3) is 4.92. The summed E-state index contributed by atoms with van der Waals surface area (Å²) in [4.78, 5) is 10.4. The molecule has 0 saturated heterocycles. The molecular weight excluding hydrogens is 477 g/mol. The summed E-state index contributed by atoms with van der Waals surface area (Å²) in [5.41, 5.74) is -1.64. The topological polar surface area (TPSA) is 132 Å². The minimum Gasteiger partial charge on any atom is -0.372 e. The van der Waals surface area contributed by atoms with E-state index >= 15 is 0 Å². The van der Waals surface area contributed by atoms with Crippen LogP contribution in [-0.2, 0) is 22.7 Å². The summed E-state index contributed by atoms with van der Waals surface area (Å²) in [5, 5.41) is 21.4. The number of hydrogen-bond acceptors (Lipinski definition) is 7. The van der Waals surface area contributed by atoms with Crippen LogP contribution < -0.4 is 10.0 Å². The molecule has 0 spiro atoms. The van der Waals surface area contributed by atoms with E-state index in [1.54, 1.807) is 13.8 Å². The predicted octanol–water partition coefficient (Wildman–Crippen LogP) is 3.61. The van der Waals surface area contributed by atoms with Gasteiger partial charge in [0.1, 0.15) is 5.69 Å². The van der Waals surface area contributed by atoms with E-state index in [0.29, 0.717) is 0 Å². The number of nitro groups is 1. The number of halogens is 4. The van der Waals surface area contributed by atoms with Crippen LogP contribution in [0, 0.1) is 10.1 Å². The zero-order valence-electron chi connectivity index (χ0n) is 16.5. The second kappa shape index (κ2) is 8.52. The highest BCUT2D eigenvalue weighted by Crippen LogP contribution is 2.33. The first kappa shape index (κ1) is 23.7. The summed E-state index contributed by atoms with van der Waals surface area (Å²) >= 11 is 5.87. The van der Waals surface area contributed by atoms with Gasteiger partial charge in [0.15, 0.2) is 11.5 Å². The van der Waals surface area contributed by atoms with Gasteiger partial charge in [-0.2, -0.15) is 13.2 Å². The monoisotopic (exact) mass is 492 g/mol. The molecule has 0 atom stereocenters. The number of hydrogen-bond donors (Lipinski definition) is 2. The lowest BCUT2D eigenvalue weighted by atomic mass is 10.2. The fourth-order valence-corrected chi connectivity index (χ4v) is 4.32. The lowest BCUT2D eigenvalue weighted by molar-refractivity contribution is -0.384. The molecular formula is C17H16ClF3N6O4S. The minimum atomic E-state index is -4.66. The van der Waals surface area contributed by atoms with Crippen LogP contribution in [-0.4, -0.2) is 34.0 Å². The Morgan fingerprint density at radius 1 is 1.25 bits per heavy atom. The van der Waals surface area contributed by atoms with Crippen molar-refractivity contribution in [3.63, 3.8) is 0 Å². The van der Waals surface area contributed by atoms with Gasteiger partial charge in [0, 0.05) is 18.3 Å². The van der Waals surface area contributed by atoms with Gasteiger partial charge in [0.05, 0.1) is 26.9 Å². The molecule has 1 aromatic carbocycles. The molecule has 0 saturated carbocycles. The van der Waals surface area contributed by atoms with E-state index in [9.17, 15) is 31.7 Å². The maximum Gasteiger partial charge on any atom is 0.417 e. The lowest BCUT2D eigenvalue weighted by Crippen LogP contribution is -2.30. The van der Waals surface area contributed by atoms with Gasteiger partial charge in [-0.25, -0.2) is 13.1 Å². The Morgan fingerprint density at radius 3 is 2.53 bits per heavy atom. The van der Waals surface area contributed by atoms with Crippen molar-refractivity contribution in [1.29, 1.82) is 0 Å². The lowest BCUT2D eigenvalue weighted by Gasteiger charge is -2.12. The molecule has 2 N–H and O–H groups in total. The fraction of sp³-hybridized carbons (Fsp3) is 0.294. The number of alkyl halides is 3. The van der Waals surface area contributed by atoms with Gasteiger partial charge in [0.2, 0.25) is 10.0 Å². The van der Waals surface area contributed by atoms with Crippen LogP contribution in [0.25, 0.3) is 5.65 Å². The summed E-state index contributed by atoms with van der Waals surface area (Å²) in [6.45, 7) is 2.94. The number of nitro benzene ring substituents is 1. The Bertz CT molecular complexity index is 1290. The maximum atomic E-state index is 13.1. The third-order valence-corrected chi connectivity index (χ3v) is 6.10. The van der Waals surface area contributed by atoms with E-state index in [0.717, 1.165) is 22.7 Å². The zero-order chi connectivity index (χ0) is 23.8. The van der Waals surface area contributed by atoms with Crippen LogP contribution in [0.3, 0.4) is 0 Å². The van der Waals surface area contributed by atoms with Crippen molar-refractivity contribution in [2.75, 3.05) is 5.32 Å². The standard InChI is InChI=1S/C17H16ClF3N6O4S/c1-9(2)25-32(30,31)11-3-4-13(14(6-11)27(28)29)22-7-15-23-24-16-12(18)5-10(8-26(15)16)17(19,20)21/h3-6,8-9,22,25H,7H2,1-2H3. The summed E-state index contributed by atoms with van der Waals surface area (Å²) < 4.78 is 67.2. The zero-order valence-corrected chi connectivity index (χ0v) is 18.1. The van der Waals surface area contributed by atoms with Gasteiger partial charge < -0.3 is 5.32 Å². The highest BCUT2D eigenvalue weighted by atomic mass is 35.5. The molecule has 0 radical (unpaired) electrons. The van der Waals surface area contributed by atoms with E-state index in [1.165, 1.54) is 12.1 Å². The van der Waals surface area contributed by atoms with Crippen LogP contribution in [0.5, 0.6) is 0 Å². The number of fused-ring (bicyclic) bond motifs is 1. The Labute approximate surface area is 184 Å². The average molecular weight is 493 g/mol. The number of anilines is 1. The van der Waals surface area contributed by atoms with Crippen LogP contribution in [0.4, 0.5) is 24.5 Å². The third-order valence-electron chi connectivity index (χ3n) is 4.16. The number of nitrogens with one attached hydrogen (secondary N) is 2. The van der Waals surface area contributed by atoms with E-state index in [4.69, 9.17) is 11.6 Å². The van der Waals surface area contributed by atoms with E-state index in [-0.39, 0.29) is 33.6 Å². The van der Waals surface area contributed by atoms with E-state index in [1.807, 2.05) is 0 Å². The van der Waals surface area contributed by atoms with Crippen molar-refractivity contribution in [3.8, 4) is 0 Å². The Morgan fingerprint density at radius 2 is 1.94 bits per heavy atom. The molecule has 0 aliphatic rings. The average Bonchev–Trinajstić information content (AvgIpc) is 3.08. The molecule has 15 heteroatoms. The molecule has 3 rings (SSSR count). The first-order chi connectivity index (χ1) is 14.8. The summed E-state index contributed by atoms with van der Waals surface area (Å²) in [7, 11) is -3.97. The number of nitrogens with zero attached hydrogens (tertiary/aromatic N) is 4. The number of sulfonamides is 1. The van der Waals surface area contributed by atoms with Crippen molar-refractivity contribution in [2.45, 2.75) is 37.5 Å². The first-order valence-electron chi connectivity index (χ1n) is 8.94. The first-order valence-corrected chi connectivity index (χ1v) is 10.8. The quantitative estimate of drug-likeness (QED) is 0.380. The van der Waals surface area contributed by atoms with Gasteiger partial charge in [0.25, 0.3) is 5.69 Å². The number of pyridine rings is 1. The molecule has 0 aliphatic heterocycles. The smallest absolute Gasteiger partial charge is 0.372 e. The van der Waals surface area contributed by atoms with Crippen LogP contribution in [0.1, 0.15) is 25.2 Å². The van der Waals surface area contributed by atoms with Crippen LogP contribution in [0.15, 0.2) is 35.4 Å². The Kier molecular flexibility index (Phi) is 6.31. The molecule has 2 aromatic heterocycles. The summed E-state index contributed by atoms with van der Waals surface area (Å²) in [6, 6.07) is 3.53. The van der Waals surface area contributed by atoms with Gasteiger partial charge in [-0.15, -0.1) is 10.2 Å². The second-order valence-corrected chi connectivity index (χ2v) is 9.07. The van der Waals surface area contributed by atoms with Crippen molar-refractivity contribution in [2.24, 2.45) is 0 Å². The molecule has 0 bridgehead atoms. The minimum absolute atomic E-state index is 0.000436. The van der Waals surface area contributed by atoms with Gasteiger partial charge in [-0.3, -0.25) is 14.5 Å². The Balaban J connectivity index is 1.94. The summed E-state index contributed by atoms with van der Waals surface area (Å²) in [6.07, 6.45) is -3.89. The SMILES string of the molecule is CC(C)NS(=O)(=O)c1ccc(NCc2nnc3c(Cl)cc(C(F)(F)F)cn23)c([N+](=O)[O-])c1. The second-order valence-electron chi connectivity index (χ2n) is 6.95. The maximum absolute atomic E-state index is 13.1. The molecule has 0 aliphatic carbocycles. The van der Waals surface area contributed by atoms with Crippen molar-refractivity contribution in [1.82, 2.24) is 19.3 Å². The van der Waals surface area contributed by atoms with E-state index < -0.39 is 38.4 Å². The normalized spacial score (nSPS) is 12.5. The molecule has 0 fully saturated rings. The van der Waals surface area contributed by atoms with Crippen molar-refractivity contribution in [3.05, 3.63) is 57.0 Å². The molecule has 0 unspecified atom stereocenters. The van der Waals surface area contributed by atoms with Crippen molar-refractivity contribution < 1.29 is 26.5 Å². The largest absolute Gasteiger partial charge is 0.417 e. The highest BCUT2D eigenvalue weighted by molar-refractivity contribution is 7.89. The number of aromatic nitrogens is 3.